The fourth-order valence-electron chi connectivity index (χ4n) is 7.81. The molecule has 19 nitrogen and oxygen atoms in total. The van der Waals surface area contributed by atoms with E-state index in [4.69, 9.17) is 18.5 Å². The third-order valence-electron chi connectivity index (χ3n) is 11.6. The van der Waals surface area contributed by atoms with Gasteiger partial charge in [0.15, 0.2) is 6.10 Å². The van der Waals surface area contributed by atoms with E-state index < -0.39 is 91.3 Å². The molecule has 0 aliphatic heterocycles. The van der Waals surface area contributed by atoms with Gasteiger partial charge in [0, 0.05) is 12.8 Å². The summed E-state index contributed by atoms with van der Waals surface area (Å²) in [5, 5.41) is 31.9. The van der Waals surface area contributed by atoms with Crippen LogP contribution in [0.2, 0.25) is 0 Å². The van der Waals surface area contributed by atoms with Gasteiger partial charge in [-0.3, -0.25) is 27.7 Å². The van der Waals surface area contributed by atoms with Crippen molar-refractivity contribution in [2.45, 2.75) is 249 Å². The highest BCUT2D eigenvalue weighted by Crippen LogP contribution is 2.51. The number of aliphatic hydroxyl groups is 3. The second-order valence-electron chi connectivity index (χ2n) is 17.8. The molecule has 1 saturated carbocycles. The van der Waals surface area contributed by atoms with Crippen LogP contribution in [0, 0.1) is 0 Å². The molecule has 0 spiro atoms. The SMILES string of the molecule is CCCCCCCCC=CCCCCCCCCCC(=O)OC[C@H](COP(=O)(O)O[C@H]1C(O)C(O)C(OP(=O)(O)O)[C@@H](OP(=O)(O)O)C1O)OC(=O)CCCCCCCCCCCCCCC. The molecule has 0 heterocycles. The molecule has 8 atom stereocenters. The van der Waals surface area contributed by atoms with Crippen molar-refractivity contribution in [3.05, 3.63) is 12.2 Å². The molecule has 5 unspecified atom stereocenters. The van der Waals surface area contributed by atoms with Gasteiger partial charge in [-0.2, -0.15) is 0 Å². The largest absolute Gasteiger partial charge is 0.472 e. The molecule has 0 aromatic heterocycles. The van der Waals surface area contributed by atoms with Gasteiger partial charge in [-0.1, -0.05) is 167 Å². The van der Waals surface area contributed by atoms with Crippen molar-refractivity contribution in [1.29, 1.82) is 0 Å². The molecule has 0 radical (unpaired) electrons. The van der Waals surface area contributed by atoms with Crippen molar-refractivity contribution in [2.75, 3.05) is 13.2 Å². The van der Waals surface area contributed by atoms with Crippen LogP contribution in [-0.2, 0) is 50.9 Å². The van der Waals surface area contributed by atoms with Crippen molar-refractivity contribution in [3.8, 4) is 0 Å². The standard InChI is InChI=1S/C45H87O19P3/c1-3-5-7-9-11-13-15-17-18-19-20-22-23-25-27-29-31-33-38(46)59-35-37(61-39(47)34-32-30-28-26-24-21-16-14-12-10-8-6-4-2)36-60-67(57,58)64-43-40(48)41(49)44(62-65(51,52)53)45(42(43)50)63-66(54,55)56/h17-18,37,40-45,48-50H,3-16,19-36H2,1-2H3,(H,57,58)(H2,51,52,53)(H2,54,55,56)/t37-,40?,41?,42?,43+,44?,45+/m1/s1. The Bertz CT molecular complexity index is 1460. The zero-order valence-electron chi connectivity index (χ0n) is 40.2. The summed E-state index contributed by atoms with van der Waals surface area (Å²) in [6.07, 6.45) is 19.4. The predicted octanol–water partition coefficient (Wildman–Crippen LogP) is 9.29. The predicted molar refractivity (Wildman–Crippen MR) is 252 cm³/mol. The lowest BCUT2D eigenvalue weighted by molar-refractivity contribution is -0.213. The lowest BCUT2D eigenvalue weighted by Gasteiger charge is -2.44. The fraction of sp³-hybridized carbons (Fsp3) is 0.911. The van der Waals surface area contributed by atoms with Crippen molar-refractivity contribution >= 4 is 35.4 Å². The Balaban J connectivity index is 2.69. The Kier molecular flexibility index (Phi) is 35.9. The van der Waals surface area contributed by atoms with E-state index >= 15 is 0 Å². The number of phosphoric acid groups is 3. The molecule has 67 heavy (non-hydrogen) atoms. The first-order valence-corrected chi connectivity index (χ1v) is 29.5. The average Bonchev–Trinajstić information content (AvgIpc) is 3.25. The maximum atomic E-state index is 13.1. The average molecular weight is 1030 g/mol. The number of hydrogen-bond acceptors (Lipinski definition) is 14. The second kappa shape index (κ2) is 37.6. The minimum absolute atomic E-state index is 0.00258. The fourth-order valence-corrected chi connectivity index (χ4v) is 9.91. The summed E-state index contributed by atoms with van der Waals surface area (Å²) in [7, 11) is -16.6. The normalized spacial score (nSPS) is 21.6. The van der Waals surface area contributed by atoms with Gasteiger partial charge >= 0.3 is 35.4 Å². The lowest BCUT2D eigenvalue weighted by atomic mass is 9.85. The van der Waals surface area contributed by atoms with Crippen LogP contribution in [0.25, 0.3) is 0 Å². The van der Waals surface area contributed by atoms with Gasteiger partial charge in [0.1, 0.15) is 43.2 Å². The van der Waals surface area contributed by atoms with Crippen LogP contribution in [-0.4, -0.2) is 108 Å². The minimum atomic E-state index is -5.60. The van der Waals surface area contributed by atoms with Gasteiger partial charge in [-0.25, -0.2) is 13.7 Å². The maximum Gasteiger partial charge on any atom is 0.472 e. The molecule has 8 N–H and O–H groups in total. The van der Waals surface area contributed by atoms with Crippen LogP contribution in [0.4, 0.5) is 0 Å². The monoisotopic (exact) mass is 1020 g/mol. The summed E-state index contributed by atoms with van der Waals surface area (Å²) in [5.41, 5.74) is 0. The third-order valence-corrected chi connectivity index (χ3v) is 13.6. The molecule has 0 aromatic carbocycles. The highest BCUT2D eigenvalue weighted by Gasteiger charge is 2.56. The summed E-state index contributed by atoms with van der Waals surface area (Å²) < 4.78 is 65.5. The molecule has 1 rings (SSSR count). The van der Waals surface area contributed by atoms with E-state index in [1.165, 1.54) is 89.9 Å². The Labute approximate surface area is 399 Å². The van der Waals surface area contributed by atoms with E-state index in [0.717, 1.165) is 77.0 Å². The highest BCUT2D eigenvalue weighted by molar-refractivity contribution is 7.47. The molecule has 1 aliphatic carbocycles. The third kappa shape index (κ3) is 34.0. The molecule has 22 heteroatoms. The van der Waals surface area contributed by atoms with Crippen LogP contribution in [0.5, 0.6) is 0 Å². The molecular formula is C45H87O19P3. The smallest absolute Gasteiger partial charge is 0.462 e. The van der Waals surface area contributed by atoms with E-state index in [1.54, 1.807) is 0 Å². The molecule has 1 fully saturated rings. The number of allylic oxidation sites excluding steroid dienone is 2. The van der Waals surface area contributed by atoms with Gasteiger partial charge in [0.25, 0.3) is 0 Å². The van der Waals surface area contributed by atoms with Crippen LogP contribution in [0.3, 0.4) is 0 Å². The van der Waals surface area contributed by atoms with Crippen LogP contribution in [0.15, 0.2) is 12.2 Å². The van der Waals surface area contributed by atoms with E-state index in [-0.39, 0.29) is 12.8 Å². The maximum absolute atomic E-state index is 13.1. The minimum Gasteiger partial charge on any atom is -0.462 e. The van der Waals surface area contributed by atoms with Gasteiger partial charge in [0.2, 0.25) is 0 Å². The summed E-state index contributed by atoms with van der Waals surface area (Å²) in [6, 6.07) is 0. The van der Waals surface area contributed by atoms with E-state index in [2.05, 4.69) is 35.0 Å². The van der Waals surface area contributed by atoms with Crippen LogP contribution < -0.4 is 0 Å². The molecule has 1 aliphatic rings. The Morgan fingerprint density at radius 1 is 0.463 bits per heavy atom. The summed E-state index contributed by atoms with van der Waals surface area (Å²) in [6.45, 7) is 2.95. The van der Waals surface area contributed by atoms with Crippen LogP contribution in [0.1, 0.15) is 206 Å². The molecular weight excluding hydrogens is 937 g/mol. The number of carbonyl (C=O) groups is 2. The topological polar surface area (TPSA) is 303 Å². The molecule has 0 saturated heterocycles. The van der Waals surface area contributed by atoms with Crippen molar-refractivity contribution < 1.29 is 90.6 Å². The van der Waals surface area contributed by atoms with Crippen molar-refractivity contribution in [3.63, 3.8) is 0 Å². The number of phosphoric ester groups is 3. The molecule has 396 valence electrons. The second-order valence-corrected chi connectivity index (χ2v) is 21.5. The summed E-state index contributed by atoms with van der Waals surface area (Å²) >= 11 is 0. The number of unbranched alkanes of at least 4 members (excludes halogenated alkanes) is 25. The van der Waals surface area contributed by atoms with Gasteiger partial charge < -0.3 is 49.3 Å². The van der Waals surface area contributed by atoms with Crippen molar-refractivity contribution in [1.82, 2.24) is 0 Å². The molecule has 0 amide bonds. The molecule has 0 bridgehead atoms. The first kappa shape index (κ1) is 63.9. The van der Waals surface area contributed by atoms with E-state index in [0.29, 0.717) is 12.8 Å². The number of rotatable bonds is 43. The Hall–Kier alpha value is -1.11. The van der Waals surface area contributed by atoms with E-state index in [1.807, 2.05) is 0 Å². The van der Waals surface area contributed by atoms with Crippen molar-refractivity contribution in [2.24, 2.45) is 0 Å². The summed E-state index contributed by atoms with van der Waals surface area (Å²) in [5.74, 6) is -1.29. The quantitative estimate of drug-likeness (QED) is 0.0122. The zero-order valence-corrected chi connectivity index (χ0v) is 42.9. The first-order valence-electron chi connectivity index (χ1n) is 25.0. The number of esters is 2. The van der Waals surface area contributed by atoms with E-state index in [9.17, 15) is 63.1 Å². The summed E-state index contributed by atoms with van der Waals surface area (Å²) in [4.78, 5) is 73.2. The Morgan fingerprint density at radius 3 is 1.24 bits per heavy atom. The number of ether oxygens (including phenoxy) is 2. The zero-order chi connectivity index (χ0) is 50.0. The van der Waals surface area contributed by atoms with Gasteiger partial charge in [-0.05, 0) is 38.5 Å². The Morgan fingerprint density at radius 2 is 0.821 bits per heavy atom. The molecule has 0 aromatic rings. The van der Waals surface area contributed by atoms with Gasteiger partial charge in [0.05, 0.1) is 6.61 Å². The highest BCUT2D eigenvalue weighted by atomic mass is 31.2. The van der Waals surface area contributed by atoms with Crippen LogP contribution >= 0.6 is 23.5 Å². The van der Waals surface area contributed by atoms with Gasteiger partial charge in [-0.15, -0.1) is 0 Å². The number of aliphatic hydroxyl groups excluding tert-OH is 3. The lowest BCUT2D eigenvalue weighted by Crippen LogP contribution is -2.65. The number of carbonyl (C=O) groups excluding carboxylic acids is 2. The first-order chi connectivity index (χ1) is 31.8. The number of hydrogen-bond donors (Lipinski definition) is 8.